The maximum absolute atomic E-state index is 12.4. The summed E-state index contributed by atoms with van der Waals surface area (Å²) in [6.07, 6.45) is -20.9. The molecule has 2 aliphatic heterocycles. The van der Waals surface area contributed by atoms with E-state index >= 15 is 0 Å². The van der Waals surface area contributed by atoms with Gasteiger partial charge in [0.15, 0.2) is 12.6 Å². The van der Waals surface area contributed by atoms with E-state index < -0.39 is 143 Å². The second kappa shape index (κ2) is 27.4. The van der Waals surface area contributed by atoms with Crippen LogP contribution in [0, 0.1) is 5.92 Å². The highest BCUT2D eigenvalue weighted by Gasteiger charge is 2.54. The second-order valence-electron chi connectivity index (χ2n) is 15.8. The molecule has 2 saturated heterocycles. The van der Waals surface area contributed by atoms with Crippen LogP contribution in [0.4, 0.5) is 4.79 Å². The summed E-state index contributed by atoms with van der Waals surface area (Å²) in [6.45, 7) is 6.41. The van der Waals surface area contributed by atoms with Crippen molar-refractivity contribution in [2.75, 3.05) is 65.6 Å². The van der Waals surface area contributed by atoms with Crippen molar-refractivity contribution in [3.63, 3.8) is 0 Å². The maximum atomic E-state index is 12.4. The third kappa shape index (κ3) is 20.0. The van der Waals surface area contributed by atoms with Gasteiger partial charge >= 0.3 is 13.7 Å². The number of amides is 3. The van der Waals surface area contributed by atoms with Gasteiger partial charge in [-0.25, -0.2) is 4.79 Å². The van der Waals surface area contributed by atoms with Crippen molar-refractivity contribution in [1.29, 1.82) is 0 Å². The maximum Gasteiger partial charge on any atom is 0.407 e. The lowest BCUT2D eigenvalue weighted by molar-refractivity contribution is -0.361. The highest BCUT2D eigenvalue weighted by molar-refractivity contribution is 7.51. The molecule has 0 radical (unpaired) electrons. The van der Waals surface area contributed by atoms with E-state index in [1.165, 1.54) is 13.8 Å². The monoisotopic (exact) mass is 941 g/mol. The molecule has 0 aromatic heterocycles. The number of hydrogen-bond donors (Lipinski definition) is 13. The van der Waals surface area contributed by atoms with Gasteiger partial charge in [0.25, 0.3) is 0 Å². The van der Waals surface area contributed by atoms with Gasteiger partial charge < -0.3 is 109 Å². The van der Waals surface area contributed by atoms with Crippen molar-refractivity contribution in [3.8, 4) is 0 Å². The van der Waals surface area contributed by atoms with Crippen LogP contribution < -0.4 is 16.0 Å². The summed E-state index contributed by atoms with van der Waals surface area (Å²) in [5, 5.41) is 90.8. The molecule has 27 heteroatoms. The molecule has 2 heterocycles. The van der Waals surface area contributed by atoms with Gasteiger partial charge in [-0.05, 0) is 33.1 Å². The van der Waals surface area contributed by atoms with Crippen LogP contribution in [0.15, 0.2) is 0 Å². The molecule has 2 rings (SSSR count). The number of hydrogen-bond acceptors (Lipinski definition) is 21. The Morgan fingerprint density at radius 1 is 0.794 bits per heavy atom. The molecular weight excluding hydrogens is 873 g/mol. The van der Waals surface area contributed by atoms with Gasteiger partial charge in [-0.3, -0.25) is 14.2 Å². The Hall–Kier alpha value is -2.28. The Kier molecular flexibility index (Phi) is 24.7. The molecule has 0 aromatic carbocycles. The van der Waals surface area contributed by atoms with E-state index in [1.807, 2.05) is 6.92 Å². The van der Waals surface area contributed by atoms with E-state index in [2.05, 4.69) is 16.0 Å². The molecular formula is C36H68N3O23P. The normalized spacial score (nSPS) is 28.8. The summed E-state index contributed by atoms with van der Waals surface area (Å²) in [6, 6.07) is -2.93. The Balaban J connectivity index is 2.11. The van der Waals surface area contributed by atoms with E-state index in [0.717, 1.165) is 6.92 Å². The first-order chi connectivity index (χ1) is 29.4. The molecule has 0 aromatic rings. The topological polar surface area (TPSA) is 390 Å². The summed E-state index contributed by atoms with van der Waals surface area (Å²) in [5.74, 6) is -1.58. The minimum Gasteiger partial charge on any atom is -0.447 e. The first-order valence-corrected chi connectivity index (χ1v) is 22.1. The average Bonchev–Trinajstić information content (AvgIpc) is 3.17. The molecule has 0 aliphatic carbocycles. The standard InChI is InChI=1S/C36H68N3O23P/c1-18(14-37-35(50)56-10-9-54-7-8-55-11-12-63(51,52)53)13-36(5,6)62-33-26(39-21(4)45)28(47)29(24(17-42)59-33)60-32-25(38-20(3)44)27(46)30(23(16-41)58-32)61-34(31(48)49)57-22(15-40)19(2)43/h18-19,22-34,40-43,46-49H,7-17H2,1-6H3,(H,37,50)(H,38,44)(H,39,45)(H2,51,52,53)/t18?,19-,22?,23?,24?,25?,26?,27?,28?,29?,30?,32?,33?,34?/m0/s1. The lowest BCUT2D eigenvalue weighted by Gasteiger charge is -2.49. The van der Waals surface area contributed by atoms with Gasteiger partial charge in [0, 0.05) is 20.4 Å². The zero-order chi connectivity index (χ0) is 47.7. The summed E-state index contributed by atoms with van der Waals surface area (Å²) in [5.41, 5.74) is -1.06. The summed E-state index contributed by atoms with van der Waals surface area (Å²) in [4.78, 5) is 54.6. The first kappa shape index (κ1) is 56.8. The van der Waals surface area contributed by atoms with Crippen molar-refractivity contribution in [2.45, 2.75) is 140 Å². The molecule has 14 atom stereocenters. The Bertz CT molecular complexity index is 1410. The highest BCUT2D eigenvalue weighted by Crippen LogP contribution is 2.34. The molecule has 0 saturated carbocycles. The average molecular weight is 942 g/mol. The van der Waals surface area contributed by atoms with E-state index in [0.29, 0.717) is 0 Å². The molecule has 370 valence electrons. The predicted molar refractivity (Wildman–Crippen MR) is 211 cm³/mol. The Morgan fingerprint density at radius 2 is 1.32 bits per heavy atom. The van der Waals surface area contributed by atoms with Crippen molar-refractivity contribution in [1.82, 2.24) is 16.0 Å². The Labute approximate surface area is 364 Å². The highest BCUT2D eigenvalue weighted by atomic mass is 31.2. The largest absolute Gasteiger partial charge is 0.447 e. The molecule has 26 nitrogen and oxygen atoms in total. The summed E-state index contributed by atoms with van der Waals surface area (Å²) in [7, 11) is -4.14. The molecule has 13 N–H and O–H groups in total. The van der Waals surface area contributed by atoms with Gasteiger partial charge in [0.1, 0.15) is 61.4 Å². The molecule has 13 unspecified atom stereocenters. The van der Waals surface area contributed by atoms with Gasteiger partial charge in [0.2, 0.25) is 24.4 Å². The molecule has 0 bridgehead atoms. The van der Waals surface area contributed by atoms with Crippen molar-refractivity contribution < 1.29 is 112 Å². The van der Waals surface area contributed by atoms with E-state index in [4.69, 9.17) is 52.4 Å². The van der Waals surface area contributed by atoms with Crippen molar-refractivity contribution >= 4 is 25.5 Å². The fraction of sp³-hybridized carbons (Fsp3) is 0.917. The SMILES string of the molecule is CC(=O)NC1C(OC2C(CO)OC(OC(C)(C)CC(C)CNC(=O)OCCOCCOCCP(=O)(O)O)C(NC(C)=O)C2O)OC(CO)C(OC(OC(CO)[C@H](C)O)C(O)O)C1O. The van der Waals surface area contributed by atoms with Crippen LogP contribution in [0.5, 0.6) is 0 Å². The van der Waals surface area contributed by atoms with E-state index in [-0.39, 0.29) is 51.9 Å². The van der Waals surface area contributed by atoms with Gasteiger partial charge in [-0.2, -0.15) is 0 Å². The summed E-state index contributed by atoms with van der Waals surface area (Å²) < 4.78 is 61.3. The Morgan fingerprint density at radius 3 is 1.84 bits per heavy atom. The van der Waals surface area contributed by atoms with Crippen LogP contribution >= 0.6 is 7.60 Å². The van der Waals surface area contributed by atoms with Crippen LogP contribution in [-0.4, -0.2) is 226 Å². The number of aliphatic hydroxyl groups excluding tert-OH is 7. The minimum atomic E-state index is -4.14. The molecule has 63 heavy (non-hydrogen) atoms. The van der Waals surface area contributed by atoms with Crippen molar-refractivity contribution in [2.24, 2.45) is 5.92 Å². The number of ether oxygens (including phenoxy) is 9. The number of carbonyl (C=O) groups excluding carboxylic acids is 3. The number of alkyl carbamates (subject to hydrolysis) is 1. The fourth-order valence-electron chi connectivity index (χ4n) is 6.71. The van der Waals surface area contributed by atoms with E-state index in [1.54, 1.807) is 13.8 Å². The first-order valence-electron chi connectivity index (χ1n) is 20.3. The van der Waals surface area contributed by atoms with Crippen LogP contribution in [0.1, 0.15) is 48.0 Å². The summed E-state index contributed by atoms with van der Waals surface area (Å²) >= 11 is 0. The zero-order valence-corrected chi connectivity index (χ0v) is 37.1. The second-order valence-corrected chi connectivity index (χ2v) is 17.6. The molecule has 2 fully saturated rings. The lowest BCUT2D eigenvalue weighted by Crippen LogP contribution is -2.70. The van der Waals surface area contributed by atoms with Crippen LogP contribution in [0.3, 0.4) is 0 Å². The lowest BCUT2D eigenvalue weighted by atomic mass is 9.92. The number of carbonyl (C=O) groups is 3. The predicted octanol–water partition coefficient (Wildman–Crippen LogP) is -4.92. The van der Waals surface area contributed by atoms with Crippen LogP contribution in [0.2, 0.25) is 0 Å². The van der Waals surface area contributed by atoms with Crippen molar-refractivity contribution in [3.05, 3.63) is 0 Å². The van der Waals surface area contributed by atoms with Crippen LogP contribution in [0.25, 0.3) is 0 Å². The fourth-order valence-corrected chi connectivity index (χ4v) is 7.08. The zero-order valence-electron chi connectivity index (χ0n) is 36.2. The number of aliphatic hydroxyl groups is 8. The third-order valence-corrected chi connectivity index (χ3v) is 10.3. The molecule has 2 aliphatic rings. The smallest absolute Gasteiger partial charge is 0.407 e. The van der Waals surface area contributed by atoms with Crippen LogP contribution in [-0.2, 0) is 56.8 Å². The minimum absolute atomic E-state index is 0.0476. The van der Waals surface area contributed by atoms with Gasteiger partial charge in [0.05, 0.1) is 64.1 Å². The molecule has 3 amide bonds. The van der Waals surface area contributed by atoms with Gasteiger partial charge in [-0.1, -0.05) is 6.92 Å². The number of rotatable bonds is 28. The quantitative estimate of drug-likeness (QED) is 0.0199. The van der Waals surface area contributed by atoms with Gasteiger partial charge in [-0.15, -0.1) is 0 Å². The third-order valence-electron chi connectivity index (χ3n) is 9.53. The number of nitrogens with one attached hydrogen (secondary N) is 3. The molecule has 0 spiro atoms. The van der Waals surface area contributed by atoms with E-state index in [9.17, 15) is 59.8 Å².